The lowest BCUT2D eigenvalue weighted by Crippen LogP contribution is -2.41. The number of rotatable bonds is 2. The van der Waals surface area contributed by atoms with Crippen LogP contribution >= 0.6 is 0 Å². The van der Waals surface area contributed by atoms with E-state index in [1.807, 2.05) is 0 Å². The zero-order valence-corrected chi connectivity index (χ0v) is 10.1. The highest BCUT2D eigenvalue weighted by Crippen LogP contribution is 2.42. The van der Waals surface area contributed by atoms with Crippen LogP contribution in [0, 0.1) is 0 Å². The SMILES string of the molecule is CCN1C2CCC1CC(c1ccccc1)C2. The van der Waals surface area contributed by atoms with Crippen molar-refractivity contribution in [3.8, 4) is 0 Å². The molecule has 2 saturated heterocycles. The molecule has 1 nitrogen and oxygen atoms in total. The van der Waals surface area contributed by atoms with E-state index in [1.54, 1.807) is 5.56 Å². The second kappa shape index (κ2) is 4.21. The van der Waals surface area contributed by atoms with Gasteiger partial charge in [-0.15, -0.1) is 0 Å². The zero-order chi connectivity index (χ0) is 11.0. The normalized spacial score (nSPS) is 34.2. The average Bonchev–Trinajstić information content (AvgIpc) is 2.59. The molecule has 1 aromatic rings. The van der Waals surface area contributed by atoms with E-state index in [0.29, 0.717) is 0 Å². The van der Waals surface area contributed by atoms with Crippen LogP contribution in [0.4, 0.5) is 0 Å². The smallest absolute Gasteiger partial charge is 0.0104 e. The van der Waals surface area contributed by atoms with Crippen LogP contribution in [0.25, 0.3) is 0 Å². The predicted molar refractivity (Wildman–Crippen MR) is 67.6 cm³/mol. The third-order valence-electron chi connectivity index (χ3n) is 4.52. The Balaban J connectivity index is 1.78. The van der Waals surface area contributed by atoms with Crippen molar-refractivity contribution in [2.45, 2.75) is 50.6 Å². The van der Waals surface area contributed by atoms with Crippen molar-refractivity contribution in [2.75, 3.05) is 6.54 Å². The highest BCUT2D eigenvalue weighted by molar-refractivity contribution is 5.21. The molecule has 3 rings (SSSR count). The van der Waals surface area contributed by atoms with E-state index in [0.717, 1.165) is 18.0 Å². The third-order valence-corrected chi connectivity index (χ3v) is 4.52. The van der Waals surface area contributed by atoms with E-state index in [1.165, 1.54) is 32.2 Å². The summed E-state index contributed by atoms with van der Waals surface area (Å²) in [4.78, 5) is 2.74. The fourth-order valence-corrected chi connectivity index (χ4v) is 3.79. The maximum Gasteiger partial charge on any atom is 0.0104 e. The first kappa shape index (κ1) is 10.3. The minimum Gasteiger partial charge on any atom is -0.298 e. The largest absolute Gasteiger partial charge is 0.298 e. The van der Waals surface area contributed by atoms with Gasteiger partial charge in [-0.3, -0.25) is 4.90 Å². The van der Waals surface area contributed by atoms with Crippen LogP contribution in [-0.2, 0) is 0 Å². The number of nitrogens with zero attached hydrogens (tertiary/aromatic N) is 1. The Morgan fingerprint density at radius 2 is 1.69 bits per heavy atom. The molecule has 86 valence electrons. The standard InChI is InChI=1S/C15H21N/c1-2-16-14-8-9-15(16)11-13(10-14)12-6-4-3-5-7-12/h3-7,13-15H,2,8-11H2,1H3. The van der Waals surface area contributed by atoms with Crippen LogP contribution < -0.4 is 0 Å². The molecule has 0 N–H and O–H groups in total. The zero-order valence-electron chi connectivity index (χ0n) is 10.1. The lowest BCUT2D eigenvalue weighted by molar-refractivity contribution is 0.134. The summed E-state index contributed by atoms with van der Waals surface area (Å²) in [6, 6.07) is 12.9. The lowest BCUT2D eigenvalue weighted by Gasteiger charge is -2.38. The number of piperidine rings is 1. The summed E-state index contributed by atoms with van der Waals surface area (Å²) < 4.78 is 0. The fourth-order valence-electron chi connectivity index (χ4n) is 3.79. The minimum absolute atomic E-state index is 0.821. The molecular formula is C15H21N. The van der Waals surface area contributed by atoms with Gasteiger partial charge in [-0.05, 0) is 43.7 Å². The van der Waals surface area contributed by atoms with E-state index < -0.39 is 0 Å². The summed E-state index contributed by atoms with van der Waals surface area (Å²) in [5.41, 5.74) is 1.56. The quantitative estimate of drug-likeness (QED) is 0.730. The summed E-state index contributed by atoms with van der Waals surface area (Å²) in [6.45, 7) is 3.56. The van der Waals surface area contributed by atoms with Crippen molar-refractivity contribution in [3.05, 3.63) is 35.9 Å². The molecule has 0 spiro atoms. The van der Waals surface area contributed by atoms with Gasteiger partial charge in [0.2, 0.25) is 0 Å². The molecule has 2 aliphatic heterocycles. The summed E-state index contributed by atoms with van der Waals surface area (Å²) >= 11 is 0. The molecule has 2 fully saturated rings. The topological polar surface area (TPSA) is 3.24 Å². The summed E-state index contributed by atoms with van der Waals surface area (Å²) in [5.74, 6) is 0.821. The van der Waals surface area contributed by atoms with E-state index >= 15 is 0 Å². The van der Waals surface area contributed by atoms with Crippen molar-refractivity contribution in [3.63, 3.8) is 0 Å². The molecule has 1 heteroatoms. The van der Waals surface area contributed by atoms with Crippen molar-refractivity contribution < 1.29 is 0 Å². The van der Waals surface area contributed by atoms with Gasteiger partial charge in [0.05, 0.1) is 0 Å². The van der Waals surface area contributed by atoms with Crippen molar-refractivity contribution in [1.29, 1.82) is 0 Å². The maximum atomic E-state index is 2.74. The Labute approximate surface area is 98.5 Å². The molecule has 1 aromatic carbocycles. The molecule has 2 unspecified atom stereocenters. The van der Waals surface area contributed by atoms with Crippen molar-refractivity contribution in [1.82, 2.24) is 4.90 Å². The number of fused-ring (bicyclic) bond motifs is 2. The van der Waals surface area contributed by atoms with Crippen LogP contribution in [0.1, 0.15) is 44.1 Å². The van der Waals surface area contributed by atoms with E-state index in [2.05, 4.69) is 42.2 Å². The first-order valence-electron chi connectivity index (χ1n) is 6.69. The molecule has 2 bridgehead atoms. The van der Waals surface area contributed by atoms with Gasteiger partial charge in [0.25, 0.3) is 0 Å². The van der Waals surface area contributed by atoms with Crippen molar-refractivity contribution in [2.24, 2.45) is 0 Å². The number of benzene rings is 1. The molecule has 2 heterocycles. The molecule has 16 heavy (non-hydrogen) atoms. The monoisotopic (exact) mass is 215 g/mol. The maximum absolute atomic E-state index is 2.74. The average molecular weight is 215 g/mol. The van der Waals surface area contributed by atoms with Gasteiger partial charge in [-0.2, -0.15) is 0 Å². The first-order chi connectivity index (χ1) is 7.88. The van der Waals surface area contributed by atoms with E-state index in [-0.39, 0.29) is 0 Å². The van der Waals surface area contributed by atoms with Gasteiger partial charge < -0.3 is 0 Å². The Morgan fingerprint density at radius 3 is 2.25 bits per heavy atom. The van der Waals surface area contributed by atoms with Gasteiger partial charge in [-0.1, -0.05) is 37.3 Å². The number of hydrogen-bond donors (Lipinski definition) is 0. The van der Waals surface area contributed by atoms with Gasteiger partial charge >= 0.3 is 0 Å². The van der Waals surface area contributed by atoms with Gasteiger partial charge in [0.1, 0.15) is 0 Å². The molecule has 2 atom stereocenters. The van der Waals surface area contributed by atoms with Gasteiger partial charge in [0.15, 0.2) is 0 Å². The summed E-state index contributed by atoms with van der Waals surface area (Å²) in [5, 5.41) is 0. The van der Waals surface area contributed by atoms with Gasteiger partial charge in [0, 0.05) is 12.1 Å². The van der Waals surface area contributed by atoms with Crippen LogP contribution in [-0.4, -0.2) is 23.5 Å². The molecule has 0 aromatic heterocycles. The Morgan fingerprint density at radius 1 is 1.06 bits per heavy atom. The number of hydrogen-bond acceptors (Lipinski definition) is 1. The molecule has 2 aliphatic rings. The Bertz CT molecular complexity index is 332. The Hall–Kier alpha value is -0.820. The van der Waals surface area contributed by atoms with E-state index in [9.17, 15) is 0 Å². The minimum atomic E-state index is 0.821. The molecule has 0 saturated carbocycles. The Kier molecular flexibility index (Phi) is 2.72. The van der Waals surface area contributed by atoms with Gasteiger partial charge in [-0.25, -0.2) is 0 Å². The fraction of sp³-hybridized carbons (Fsp3) is 0.600. The second-order valence-electron chi connectivity index (χ2n) is 5.29. The summed E-state index contributed by atoms with van der Waals surface area (Å²) in [7, 11) is 0. The molecule has 0 amide bonds. The lowest BCUT2D eigenvalue weighted by atomic mass is 9.85. The van der Waals surface area contributed by atoms with Crippen LogP contribution in [0.5, 0.6) is 0 Å². The molecule has 0 aliphatic carbocycles. The van der Waals surface area contributed by atoms with Crippen molar-refractivity contribution >= 4 is 0 Å². The molecular weight excluding hydrogens is 194 g/mol. The highest BCUT2D eigenvalue weighted by Gasteiger charge is 2.39. The highest BCUT2D eigenvalue weighted by atomic mass is 15.2. The van der Waals surface area contributed by atoms with E-state index in [4.69, 9.17) is 0 Å². The second-order valence-corrected chi connectivity index (χ2v) is 5.29. The molecule has 0 radical (unpaired) electrons. The first-order valence-corrected chi connectivity index (χ1v) is 6.69. The predicted octanol–water partition coefficient (Wildman–Crippen LogP) is 3.42. The van der Waals surface area contributed by atoms with Crippen LogP contribution in [0.15, 0.2) is 30.3 Å². The van der Waals surface area contributed by atoms with Crippen LogP contribution in [0.3, 0.4) is 0 Å². The van der Waals surface area contributed by atoms with Crippen LogP contribution in [0.2, 0.25) is 0 Å². The third kappa shape index (κ3) is 1.67. The summed E-state index contributed by atoms with van der Waals surface area (Å²) in [6.07, 6.45) is 5.63.